The Bertz CT molecular complexity index is 2100. The van der Waals surface area contributed by atoms with Gasteiger partial charge in [-0.1, -0.05) is 135 Å². The van der Waals surface area contributed by atoms with Gasteiger partial charge in [0.1, 0.15) is 0 Å². The van der Waals surface area contributed by atoms with Crippen LogP contribution < -0.4 is 0 Å². The van der Waals surface area contributed by atoms with Crippen LogP contribution in [0.5, 0.6) is 0 Å². The van der Waals surface area contributed by atoms with E-state index in [0.29, 0.717) is 58.6 Å². The number of benzene rings is 4. The molecule has 2 aliphatic rings. The van der Waals surface area contributed by atoms with Crippen LogP contribution in [-0.2, 0) is 19.2 Å². The molecule has 2 unspecified atom stereocenters. The van der Waals surface area contributed by atoms with Crippen LogP contribution in [0.2, 0.25) is 20.1 Å². The van der Waals surface area contributed by atoms with Gasteiger partial charge in [0, 0.05) is 31.9 Å². The molecular weight excluding hydrogens is 858 g/mol. The summed E-state index contributed by atoms with van der Waals surface area (Å²) in [5, 5.41) is 2.57. The number of likely N-dealkylation sites (tertiary alicyclic amines) is 2. The van der Waals surface area contributed by atoms with E-state index in [1.54, 1.807) is 26.0 Å². The Hall–Kier alpha value is -4.20. The van der Waals surface area contributed by atoms with Gasteiger partial charge in [-0.3, -0.25) is 19.2 Å². The summed E-state index contributed by atoms with van der Waals surface area (Å²) in [5.41, 5.74) is 2.73. The molecule has 2 heterocycles. The first-order chi connectivity index (χ1) is 29.4. The van der Waals surface area contributed by atoms with Crippen LogP contribution in [0.4, 0.5) is 0 Å². The van der Waals surface area contributed by atoms with Gasteiger partial charge in [-0.05, 0) is 123 Å². The molecule has 0 bridgehead atoms. The van der Waals surface area contributed by atoms with Crippen molar-refractivity contribution >= 4 is 69.8 Å². The largest absolute Gasteiger partial charge is 0.325 e. The molecule has 2 aliphatic heterocycles. The molecule has 328 valence electrons. The molecule has 2 fully saturated rings. The number of hydrogen-bond donors (Lipinski definition) is 0. The summed E-state index contributed by atoms with van der Waals surface area (Å²) in [6.45, 7) is 18.8. The lowest BCUT2D eigenvalue weighted by atomic mass is 9.67. The Morgan fingerprint density at radius 3 is 1.21 bits per heavy atom. The van der Waals surface area contributed by atoms with Crippen LogP contribution in [0.1, 0.15) is 126 Å². The van der Waals surface area contributed by atoms with E-state index in [2.05, 4.69) is 25.3 Å². The molecule has 8 atom stereocenters. The Morgan fingerprint density at radius 1 is 0.597 bits per heavy atom. The topological polar surface area (TPSA) is 74.8 Å². The van der Waals surface area contributed by atoms with Gasteiger partial charge < -0.3 is 9.80 Å². The highest BCUT2D eigenvalue weighted by molar-refractivity contribution is 6.31. The zero-order chi connectivity index (χ0) is 45.5. The number of carbonyl (C=O) groups excluding carboxylic acids is 4. The number of amides is 2. The molecule has 6 rings (SSSR count). The van der Waals surface area contributed by atoms with Crippen molar-refractivity contribution in [1.29, 1.82) is 0 Å². The van der Waals surface area contributed by atoms with Gasteiger partial charge in [-0.25, -0.2) is 0 Å². The number of hydrogen-bond acceptors (Lipinski definition) is 4. The lowest BCUT2D eigenvalue weighted by Gasteiger charge is -2.51. The summed E-state index contributed by atoms with van der Waals surface area (Å²) in [6, 6.07) is 29.2. The second-order valence-corrected chi connectivity index (χ2v) is 19.1. The summed E-state index contributed by atoms with van der Waals surface area (Å²) in [7, 11) is 0. The third kappa shape index (κ3) is 10.6. The smallest absolute Gasteiger partial charge is 0.229 e. The van der Waals surface area contributed by atoms with Crippen LogP contribution in [0.3, 0.4) is 0 Å². The van der Waals surface area contributed by atoms with Crippen LogP contribution in [0, 0.1) is 10.8 Å². The van der Waals surface area contributed by atoms with Crippen LogP contribution in [0.25, 0.3) is 0 Å². The number of nitrogens with zero attached hydrogens (tertiary/aromatic N) is 2. The number of piperidine rings is 2. The molecule has 6 nitrogen and oxygen atoms in total. The molecule has 2 saturated heterocycles. The Kier molecular flexibility index (Phi) is 16.5. The molecule has 0 radical (unpaired) electrons. The Balaban J connectivity index is 0.000000234. The first kappa shape index (κ1) is 48.8. The SMILES string of the molecule is C=CC[C@@]1(C)C[C@H](c2cccc(Cl)c2)C(c2ccc(Cl)cc2)N([C@@H](CC)C(C)=O)C1=O.C=CC[C@]1(C)C[C@H](c2cccc(Cl)c2)C(c2ccc(Cl)cc2)N([C@@H](CC)C(C)=O)C1=O. The number of ketones is 2. The van der Waals surface area contributed by atoms with E-state index in [9.17, 15) is 19.2 Å². The fourth-order valence-electron chi connectivity index (χ4n) is 9.82. The van der Waals surface area contributed by atoms with E-state index in [-0.39, 0.29) is 47.3 Å². The van der Waals surface area contributed by atoms with Crippen molar-refractivity contribution < 1.29 is 19.2 Å². The van der Waals surface area contributed by atoms with Gasteiger partial charge >= 0.3 is 0 Å². The van der Waals surface area contributed by atoms with Crippen LogP contribution in [0.15, 0.2) is 122 Å². The second-order valence-electron chi connectivity index (χ2n) is 17.3. The van der Waals surface area contributed by atoms with Gasteiger partial charge in [0.2, 0.25) is 11.8 Å². The third-order valence-electron chi connectivity index (χ3n) is 12.8. The van der Waals surface area contributed by atoms with E-state index in [4.69, 9.17) is 46.4 Å². The molecule has 0 N–H and O–H groups in total. The molecule has 62 heavy (non-hydrogen) atoms. The summed E-state index contributed by atoms with van der Waals surface area (Å²) < 4.78 is 0. The van der Waals surface area contributed by atoms with Crippen LogP contribution >= 0.6 is 46.4 Å². The second kappa shape index (κ2) is 21.0. The minimum Gasteiger partial charge on any atom is -0.325 e. The Morgan fingerprint density at radius 2 is 0.935 bits per heavy atom. The average Bonchev–Trinajstić information content (AvgIpc) is 3.22. The predicted molar refractivity (Wildman–Crippen MR) is 255 cm³/mol. The summed E-state index contributed by atoms with van der Waals surface area (Å²) in [5.74, 6) is -0.0998. The van der Waals surface area contributed by atoms with Gasteiger partial charge in [-0.2, -0.15) is 0 Å². The average molecular weight is 917 g/mol. The summed E-state index contributed by atoms with van der Waals surface area (Å²) in [4.78, 5) is 56.8. The number of rotatable bonds is 14. The van der Waals surface area contributed by atoms with Crippen molar-refractivity contribution in [3.05, 3.63) is 165 Å². The number of carbonyl (C=O) groups is 4. The first-order valence-corrected chi connectivity index (χ1v) is 22.8. The molecule has 0 saturated carbocycles. The van der Waals surface area contributed by atoms with Crippen molar-refractivity contribution in [2.45, 2.75) is 116 Å². The number of allylic oxidation sites excluding steroid dienone is 2. The third-order valence-corrected chi connectivity index (χ3v) is 13.7. The van der Waals surface area contributed by atoms with E-state index >= 15 is 0 Å². The first-order valence-electron chi connectivity index (χ1n) is 21.3. The molecule has 0 aliphatic carbocycles. The maximum absolute atomic E-state index is 13.9. The number of halogens is 4. The molecular formula is C52H58Cl4N2O4. The quantitative estimate of drug-likeness (QED) is 0.118. The highest BCUT2D eigenvalue weighted by Gasteiger charge is 2.53. The predicted octanol–water partition coefficient (Wildman–Crippen LogP) is 14.0. The lowest BCUT2D eigenvalue weighted by Crippen LogP contribution is -2.57. The van der Waals surface area contributed by atoms with E-state index in [1.807, 2.05) is 122 Å². The molecule has 0 spiro atoms. The van der Waals surface area contributed by atoms with E-state index in [1.165, 1.54) is 0 Å². The van der Waals surface area contributed by atoms with Gasteiger partial charge in [-0.15, -0.1) is 13.2 Å². The normalized spacial score (nSPS) is 24.7. The standard InChI is InChI=1S/2C26H29Cl2NO2/c2*1-5-14-26(4)16-22(19-8-7-9-21(28)15-19)24(18-10-12-20(27)13-11-18)29(25(26)31)23(6-2)17(3)30/h2*5,7-13,15,22-24H,1,6,14,16H2,2-4H3/t22-,23+,24?,26+;22-,23+,24?,26-/m11/s1. The molecule has 0 aromatic heterocycles. The van der Waals surface area contributed by atoms with E-state index in [0.717, 1.165) is 22.3 Å². The molecule has 4 aromatic carbocycles. The summed E-state index contributed by atoms with van der Waals surface area (Å²) >= 11 is 25.0. The highest BCUT2D eigenvalue weighted by Crippen LogP contribution is 2.54. The minimum atomic E-state index is -0.652. The van der Waals surface area contributed by atoms with Crippen molar-refractivity contribution in [1.82, 2.24) is 9.80 Å². The van der Waals surface area contributed by atoms with Crippen molar-refractivity contribution in [3.63, 3.8) is 0 Å². The van der Waals surface area contributed by atoms with Crippen molar-refractivity contribution in [3.8, 4) is 0 Å². The molecule has 2 amide bonds. The maximum Gasteiger partial charge on any atom is 0.229 e. The van der Waals surface area contributed by atoms with Crippen LogP contribution in [-0.4, -0.2) is 45.3 Å². The number of Topliss-reactive ketones (excluding diaryl/α,β-unsaturated/α-hetero) is 2. The van der Waals surface area contributed by atoms with Gasteiger partial charge in [0.05, 0.1) is 35.0 Å². The van der Waals surface area contributed by atoms with Crippen molar-refractivity contribution in [2.24, 2.45) is 10.8 Å². The lowest BCUT2D eigenvalue weighted by molar-refractivity contribution is -0.157. The summed E-state index contributed by atoms with van der Waals surface area (Å²) in [6.07, 6.45) is 7.05. The van der Waals surface area contributed by atoms with Gasteiger partial charge in [0.15, 0.2) is 11.6 Å². The van der Waals surface area contributed by atoms with Gasteiger partial charge in [0.25, 0.3) is 0 Å². The highest BCUT2D eigenvalue weighted by atomic mass is 35.5. The fraction of sp³-hybridized carbons (Fsp3) is 0.385. The van der Waals surface area contributed by atoms with E-state index < -0.39 is 22.9 Å². The zero-order valence-electron chi connectivity index (χ0n) is 36.6. The molecule has 4 aromatic rings. The zero-order valence-corrected chi connectivity index (χ0v) is 39.6. The minimum absolute atomic E-state index is 0.00678. The molecule has 10 heteroatoms. The Labute approximate surface area is 388 Å². The maximum atomic E-state index is 13.9. The monoisotopic (exact) mass is 914 g/mol. The van der Waals surface area contributed by atoms with Crippen molar-refractivity contribution in [2.75, 3.05) is 0 Å². The fourth-order valence-corrected chi connectivity index (χ4v) is 10.5.